The van der Waals surface area contributed by atoms with E-state index in [0.29, 0.717) is 26.2 Å². The molecule has 9 heteroatoms. The summed E-state index contributed by atoms with van der Waals surface area (Å²) in [6.45, 7) is 7.47. The van der Waals surface area contributed by atoms with Gasteiger partial charge in [0.05, 0.1) is 0 Å². The number of nitrogens with one attached hydrogen (secondary N) is 1. The molecule has 36 heavy (non-hydrogen) atoms. The predicted molar refractivity (Wildman–Crippen MR) is 134 cm³/mol. The van der Waals surface area contributed by atoms with Crippen molar-refractivity contribution in [2.45, 2.75) is 38.3 Å². The van der Waals surface area contributed by atoms with Gasteiger partial charge < -0.3 is 24.8 Å². The third-order valence-corrected chi connectivity index (χ3v) is 6.40. The molecule has 2 amide bonds. The maximum Gasteiger partial charge on any atom is 0.410 e. The molecule has 1 unspecified atom stereocenters. The first kappa shape index (κ1) is 25.5. The molecule has 0 saturated carbocycles. The predicted octanol–water partition coefficient (Wildman–Crippen LogP) is 3.53. The quantitative estimate of drug-likeness (QED) is 0.631. The van der Waals surface area contributed by atoms with Crippen LogP contribution in [-0.4, -0.2) is 84.0 Å². The minimum absolute atomic E-state index is 0.104. The lowest BCUT2D eigenvalue weighted by molar-refractivity contribution is -0.140. The second-order valence-corrected chi connectivity index (χ2v) is 10.1. The fourth-order valence-corrected chi connectivity index (χ4v) is 4.67. The van der Waals surface area contributed by atoms with Crippen LogP contribution < -0.4 is 5.32 Å². The number of carbonyl (C=O) groups excluding carboxylic acids is 2. The lowest BCUT2D eigenvalue weighted by Crippen LogP contribution is -2.55. The zero-order chi connectivity index (χ0) is 25.9. The highest BCUT2D eigenvalue weighted by atomic mass is 16.6. The number of alkyl carbamates (subject to hydrolysis) is 1. The number of fused-ring (bicyclic) bond motifs is 3. The molecule has 0 bridgehead atoms. The number of ether oxygens (including phenoxy) is 2. The molecule has 192 valence electrons. The normalized spacial score (nSPS) is 16.6. The second kappa shape index (κ2) is 10.6. The van der Waals surface area contributed by atoms with Gasteiger partial charge >= 0.3 is 18.2 Å². The first-order valence-corrected chi connectivity index (χ1v) is 12.2. The van der Waals surface area contributed by atoms with Crippen LogP contribution in [0.4, 0.5) is 9.59 Å². The van der Waals surface area contributed by atoms with Crippen LogP contribution in [-0.2, 0) is 14.3 Å². The van der Waals surface area contributed by atoms with Crippen molar-refractivity contribution in [3.8, 4) is 11.1 Å². The Morgan fingerprint density at radius 1 is 0.972 bits per heavy atom. The van der Waals surface area contributed by atoms with E-state index >= 15 is 0 Å². The largest absolute Gasteiger partial charge is 0.480 e. The number of nitrogens with zero attached hydrogens (tertiary/aromatic N) is 2. The van der Waals surface area contributed by atoms with Crippen molar-refractivity contribution in [1.82, 2.24) is 15.1 Å². The van der Waals surface area contributed by atoms with Crippen molar-refractivity contribution < 1.29 is 29.0 Å². The number of carboxylic acid groups (broad SMARTS) is 1. The number of hydrogen-bond donors (Lipinski definition) is 2. The fourth-order valence-electron chi connectivity index (χ4n) is 4.67. The summed E-state index contributed by atoms with van der Waals surface area (Å²) in [6.07, 6.45) is -1.15. The van der Waals surface area contributed by atoms with Gasteiger partial charge in [-0.25, -0.2) is 14.4 Å². The maximum absolute atomic E-state index is 12.6. The van der Waals surface area contributed by atoms with Crippen molar-refractivity contribution in [2.75, 3.05) is 39.3 Å². The van der Waals surface area contributed by atoms with Crippen molar-refractivity contribution in [1.29, 1.82) is 0 Å². The number of carbonyl (C=O) groups is 3. The van der Waals surface area contributed by atoms with Gasteiger partial charge in [0.15, 0.2) is 0 Å². The van der Waals surface area contributed by atoms with Crippen molar-refractivity contribution in [3.05, 3.63) is 59.7 Å². The molecule has 2 aliphatic rings. The molecule has 9 nitrogen and oxygen atoms in total. The van der Waals surface area contributed by atoms with Crippen LogP contribution in [0.1, 0.15) is 37.8 Å². The summed E-state index contributed by atoms with van der Waals surface area (Å²) in [4.78, 5) is 40.2. The minimum atomic E-state index is -1.14. The van der Waals surface area contributed by atoms with Gasteiger partial charge in [-0.05, 0) is 43.0 Å². The van der Waals surface area contributed by atoms with Gasteiger partial charge in [0, 0.05) is 38.6 Å². The first-order chi connectivity index (χ1) is 17.1. The Morgan fingerprint density at radius 2 is 1.53 bits per heavy atom. The monoisotopic (exact) mass is 495 g/mol. The number of hydrogen-bond acceptors (Lipinski definition) is 6. The van der Waals surface area contributed by atoms with Crippen LogP contribution in [0.25, 0.3) is 11.1 Å². The molecular weight excluding hydrogens is 462 g/mol. The SMILES string of the molecule is CC(C)(C)OC(=O)N1CCN(CC(NC(=O)OCC2c3ccccc3-c3ccccc32)C(=O)O)CC1. The molecule has 1 heterocycles. The number of carboxylic acids is 1. The molecule has 2 aromatic rings. The molecule has 2 N–H and O–H groups in total. The topological polar surface area (TPSA) is 108 Å². The van der Waals surface area contributed by atoms with Crippen LogP contribution in [0.5, 0.6) is 0 Å². The van der Waals surface area contributed by atoms with E-state index in [0.717, 1.165) is 22.3 Å². The van der Waals surface area contributed by atoms with Crippen LogP contribution >= 0.6 is 0 Å². The molecule has 0 aromatic heterocycles. The summed E-state index contributed by atoms with van der Waals surface area (Å²) < 4.78 is 10.9. The molecular formula is C27H33N3O6. The molecule has 1 fully saturated rings. The molecule has 1 aliphatic carbocycles. The number of amides is 2. The summed E-state index contributed by atoms with van der Waals surface area (Å²) in [5.41, 5.74) is 3.84. The van der Waals surface area contributed by atoms with Gasteiger partial charge in [-0.15, -0.1) is 0 Å². The van der Waals surface area contributed by atoms with Crippen LogP contribution in [0.2, 0.25) is 0 Å². The van der Waals surface area contributed by atoms with E-state index in [1.54, 1.807) is 4.90 Å². The molecule has 4 rings (SSSR count). The van der Waals surface area contributed by atoms with E-state index in [1.807, 2.05) is 62.1 Å². The fraction of sp³-hybridized carbons (Fsp3) is 0.444. The highest BCUT2D eigenvalue weighted by Crippen LogP contribution is 2.44. The van der Waals surface area contributed by atoms with E-state index in [9.17, 15) is 19.5 Å². The highest BCUT2D eigenvalue weighted by molar-refractivity contribution is 5.81. The highest BCUT2D eigenvalue weighted by Gasteiger charge is 2.31. The smallest absolute Gasteiger partial charge is 0.410 e. The van der Waals surface area contributed by atoms with Gasteiger partial charge in [-0.3, -0.25) is 4.90 Å². The second-order valence-electron chi connectivity index (χ2n) is 10.1. The number of aliphatic carboxylic acids is 1. The summed E-state index contributed by atoms with van der Waals surface area (Å²) in [5.74, 6) is -1.24. The molecule has 2 aromatic carbocycles. The standard InChI is InChI=1S/C27H33N3O6/c1-27(2,3)36-26(34)30-14-12-29(13-15-30)16-23(24(31)32)28-25(33)35-17-22-20-10-6-4-8-18(20)19-9-5-7-11-21(19)22/h4-11,22-23H,12-17H2,1-3H3,(H,28,33)(H,31,32). The van der Waals surface area contributed by atoms with Crippen LogP contribution in [0.15, 0.2) is 48.5 Å². The Labute approximate surface area is 211 Å². The number of rotatable bonds is 6. The van der Waals surface area contributed by atoms with Gasteiger partial charge in [0.2, 0.25) is 0 Å². The van der Waals surface area contributed by atoms with Crippen LogP contribution in [0.3, 0.4) is 0 Å². The van der Waals surface area contributed by atoms with Crippen LogP contribution in [0, 0.1) is 0 Å². The lowest BCUT2D eigenvalue weighted by Gasteiger charge is -2.36. The summed E-state index contributed by atoms with van der Waals surface area (Å²) in [6, 6.07) is 14.9. The van der Waals surface area contributed by atoms with E-state index in [4.69, 9.17) is 9.47 Å². The molecule has 1 aliphatic heterocycles. The molecule has 0 radical (unpaired) electrons. The Bertz CT molecular complexity index is 1070. The average Bonchev–Trinajstić information content (AvgIpc) is 3.15. The number of piperazine rings is 1. The van der Waals surface area contributed by atoms with Gasteiger partial charge in [0.25, 0.3) is 0 Å². The van der Waals surface area contributed by atoms with Crippen molar-refractivity contribution in [3.63, 3.8) is 0 Å². The summed E-state index contributed by atoms with van der Waals surface area (Å²) in [5, 5.41) is 12.2. The lowest BCUT2D eigenvalue weighted by atomic mass is 9.98. The zero-order valence-electron chi connectivity index (χ0n) is 20.9. The Hall–Kier alpha value is -3.59. The summed E-state index contributed by atoms with van der Waals surface area (Å²) >= 11 is 0. The summed E-state index contributed by atoms with van der Waals surface area (Å²) in [7, 11) is 0. The third kappa shape index (κ3) is 5.96. The average molecular weight is 496 g/mol. The maximum atomic E-state index is 12.6. The van der Waals surface area contributed by atoms with Gasteiger partial charge in [-0.1, -0.05) is 48.5 Å². The molecule has 1 saturated heterocycles. The Morgan fingerprint density at radius 3 is 2.06 bits per heavy atom. The van der Waals surface area contributed by atoms with E-state index < -0.39 is 23.7 Å². The van der Waals surface area contributed by atoms with Gasteiger partial charge in [0.1, 0.15) is 18.2 Å². The first-order valence-electron chi connectivity index (χ1n) is 12.2. The van der Waals surface area contributed by atoms with Crippen molar-refractivity contribution >= 4 is 18.2 Å². The van der Waals surface area contributed by atoms with E-state index in [2.05, 4.69) is 17.4 Å². The number of benzene rings is 2. The molecule has 1 atom stereocenters. The Balaban J connectivity index is 1.30. The zero-order valence-corrected chi connectivity index (χ0v) is 20.9. The van der Waals surface area contributed by atoms with E-state index in [-0.39, 0.29) is 25.2 Å². The molecule has 0 spiro atoms. The Kier molecular flexibility index (Phi) is 7.49. The minimum Gasteiger partial charge on any atom is -0.480 e. The third-order valence-electron chi connectivity index (χ3n) is 6.40. The van der Waals surface area contributed by atoms with Crippen molar-refractivity contribution in [2.24, 2.45) is 0 Å². The van der Waals surface area contributed by atoms with E-state index in [1.165, 1.54) is 0 Å². The van der Waals surface area contributed by atoms with Gasteiger partial charge in [-0.2, -0.15) is 0 Å².